The fourth-order valence-corrected chi connectivity index (χ4v) is 1.16. The van der Waals surface area contributed by atoms with Crippen molar-refractivity contribution in [3.05, 3.63) is 29.5 Å². The fourth-order valence-electron chi connectivity index (χ4n) is 0.801. The van der Waals surface area contributed by atoms with Crippen LogP contribution >= 0.6 is 0 Å². The van der Waals surface area contributed by atoms with Gasteiger partial charge in [-0.1, -0.05) is 0 Å². The van der Waals surface area contributed by atoms with Crippen LogP contribution in [0.3, 0.4) is 0 Å². The maximum Gasteiger partial charge on any atom is 0.131 e. The molecule has 0 aliphatic heterocycles. The molecule has 1 N–H and O–H groups in total. The number of hydrogen-bond acceptors (Lipinski definition) is 3. The monoisotopic (exact) mass is 186 g/mol. The van der Waals surface area contributed by atoms with Crippen LogP contribution in [0.1, 0.15) is 0 Å². The van der Waals surface area contributed by atoms with E-state index in [-0.39, 0.29) is 9.96 Å². The summed E-state index contributed by atoms with van der Waals surface area (Å²) in [7, 11) is 1.43. The molecule has 0 spiro atoms. The molecule has 12 heavy (non-hydrogen) atoms. The van der Waals surface area contributed by atoms with Crippen LogP contribution in [0.5, 0.6) is 0 Å². The molecule has 0 aromatic heterocycles. The quantitative estimate of drug-likeness (QED) is 0.503. The van der Waals surface area contributed by atoms with E-state index in [0.717, 1.165) is 0 Å². The molecule has 0 amide bonds. The fraction of sp³-hybridized carbons (Fsp3) is 0.143. The molecule has 0 saturated heterocycles. The SMILES string of the molecule is C[NH+]([O-])c1ccc(S(=O)[O-])cc1. The van der Waals surface area contributed by atoms with Gasteiger partial charge in [0.25, 0.3) is 0 Å². The first-order valence-electron chi connectivity index (χ1n) is 3.31. The Balaban J connectivity index is 2.93. The molecule has 0 saturated carbocycles. The molecule has 5 heteroatoms. The van der Waals surface area contributed by atoms with Crippen LogP contribution in [-0.2, 0) is 11.1 Å². The van der Waals surface area contributed by atoms with E-state index in [1.54, 1.807) is 0 Å². The predicted molar refractivity (Wildman–Crippen MR) is 43.5 cm³/mol. The van der Waals surface area contributed by atoms with Crippen molar-refractivity contribution >= 4 is 16.8 Å². The highest BCUT2D eigenvalue weighted by molar-refractivity contribution is 7.79. The van der Waals surface area contributed by atoms with Crippen molar-refractivity contribution < 1.29 is 13.8 Å². The molecule has 66 valence electrons. The molecule has 0 aliphatic rings. The van der Waals surface area contributed by atoms with Crippen molar-refractivity contribution in [1.82, 2.24) is 0 Å². The Morgan fingerprint density at radius 2 is 1.83 bits per heavy atom. The molecule has 0 aliphatic carbocycles. The smallest absolute Gasteiger partial charge is 0.131 e. The summed E-state index contributed by atoms with van der Waals surface area (Å²) < 4.78 is 20.8. The van der Waals surface area contributed by atoms with E-state index < -0.39 is 11.1 Å². The van der Waals surface area contributed by atoms with Gasteiger partial charge in [-0.05, 0) is 23.2 Å². The third kappa shape index (κ3) is 2.12. The van der Waals surface area contributed by atoms with Crippen molar-refractivity contribution in [2.45, 2.75) is 4.90 Å². The molecule has 1 rings (SSSR count). The van der Waals surface area contributed by atoms with Crippen molar-refractivity contribution in [2.75, 3.05) is 7.05 Å². The summed E-state index contributed by atoms with van der Waals surface area (Å²) >= 11 is -2.21. The van der Waals surface area contributed by atoms with Crippen molar-refractivity contribution in [2.24, 2.45) is 0 Å². The Kier molecular flexibility index (Phi) is 2.93. The Hall–Kier alpha value is -0.750. The molecule has 1 aromatic carbocycles. The van der Waals surface area contributed by atoms with Gasteiger partial charge < -0.3 is 14.8 Å². The minimum absolute atomic E-state index is 0.0711. The lowest BCUT2D eigenvalue weighted by molar-refractivity contribution is -0.751. The van der Waals surface area contributed by atoms with Gasteiger partial charge in [0.2, 0.25) is 0 Å². The standard InChI is InChI=1S/C7H9NO3S/c1-8(9)6-2-4-7(5-3-6)12(10)11/h2-5,8H,1H3,(H,10,11)/p-1. The first-order chi connectivity index (χ1) is 5.61. The zero-order valence-corrected chi connectivity index (χ0v) is 7.26. The number of hydrogen-bond donors (Lipinski definition) is 1. The van der Waals surface area contributed by atoms with Crippen molar-refractivity contribution in [3.8, 4) is 0 Å². The Bertz CT molecular complexity index is 283. The molecule has 0 bridgehead atoms. The summed E-state index contributed by atoms with van der Waals surface area (Å²) in [4.78, 5) is 0.194. The van der Waals surface area contributed by atoms with Gasteiger partial charge >= 0.3 is 0 Å². The van der Waals surface area contributed by atoms with Gasteiger partial charge in [-0.3, -0.25) is 4.21 Å². The molecular formula is C7H8NO3S-. The zero-order valence-electron chi connectivity index (χ0n) is 6.44. The maximum absolute atomic E-state index is 10.8. The summed E-state index contributed by atoms with van der Waals surface area (Å²) in [5.74, 6) is 0. The molecule has 1 aromatic rings. The summed E-state index contributed by atoms with van der Waals surface area (Å²) in [6.07, 6.45) is 0. The van der Waals surface area contributed by atoms with Crippen LogP contribution in [0.2, 0.25) is 0 Å². The average molecular weight is 186 g/mol. The van der Waals surface area contributed by atoms with Crippen LogP contribution in [0, 0.1) is 5.21 Å². The third-order valence-corrected chi connectivity index (χ3v) is 2.11. The molecular weight excluding hydrogens is 178 g/mol. The van der Waals surface area contributed by atoms with Crippen LogP contribution in [0.15, 0.2) is 29.2 Å². The predicted octanol–water partition coefficient (Wildman–Crippen LogP) is -0.431. The normalized spacial score (nSPS) is 15.6. The Morgan fingerprint density at radius 3 is 2.17 bits per heavy atom. The van der Waals surface area contributed by atoms with E-state index in [1.807, 2.05) is 0 Å². The molecule has 2 unspecified atom stereocenters. The number of benzene rings is 1. The molecule has 0 radical (unpaired) electrons. The Labute approximate surface area is 72.7 Å². The first kappa shape index (κ1) is 9.34. The number of nitrogens with one attached hydrogen (secondary N) is 1. The summed E-state index contributed by atoms with van der Waals surface area (Å²) in [5.41, 5.74) is 0.518. The van der Waals surface area contributed by atoms with Gasteiger partial charge in [-0.25, -0.2) is 0 Å². The van der Waals surface area contributed by atoms with Gasteiger partial charge in [-0.2, -0.15) is 0 Å². The molecule has 0 fully saturated rings. The minimum atomic E-state index is -2.21. The Morgan fingerprint density at radius 1 is 1.33 bits per heavy atom. The summed E-state index contributed by atoms with van der Waals surface area (Å²) in [5, 5.41) is 10.7. The first-order valence-corrected chi connectivity index (χ1v) is 4.39. The highest BCUT2D eigenvalue weighted by Gasteiger charge is 1.96. The highest BCUT2D eigenvalue weighted by Crippen LogP contribution is 2.07. The van der Waals surface area contributed by atoms with Crippen LogP contribution in [-0.4, -0.2) is 15.8 Å². The van der Waals surface area contributed by atoms with Gasteiger partial charge in [0.15, 0.2) is 0 Å². The molecule has 4 nitrogen and oxygen atoms in total. The second kappa shape index (κ2) is 3.77. The van der Waals surface area contributed by atoms with E-state index in [2.05, 4.69) is 0 Å². The van der Waals surface area contributed by atoms with Crippen molar-refractivity contribution in [3.63, 3.8) is 0 Å². The number of rotatable bonds is 2. The van der Waals surface area contributed by atoms with Gasteiger partial charge in [0.05, 0.1) is 7.05 Å². The van der Waals surface area contributed by atoms with E-state index in [1.165, 1.54) is 31.3 Å². The lowest BCUT2D eigenvalue weighted by Gasteiger charge is -2.15. The highest BCUT2D eigenvalue weighted by atomic mass is 32.2. The number of quaternary nitrogens is 1. The zero-order chi connectivity index (χ0) is 9.14. The summed E-state index contributed by atoms with van der Waals surface area (Å²) in [6, 6.07) is 5.79. The van der Waals surface area contributed by atoms with Gasteiger partial charge in [-0.15, -0.1) is 0 Å². The van der Waals surface area contributed by atoms with Gasteiger partial charge in [0, 0.05) is 17.0 Å². The minimum Gasteiger partial charge on any atom is -0.768 e. The molecule has 0 heterocycles. The van der Waals surface area contributed by atoms with Crippen LogP contribution in [0.4, 0.5) is 5.69 Å². The largest absolute Gasteiger partial charge is 0.768 e. The average Bonchev–Trinajstić information content (AvgIpc) is 2.04. The molecule has 2 atom stereocenters. The third-order valence-electron chi connectivity index (χ3n) is 1.45. The van der Waals surface area contributed by atoms with Gasteiger partial charge in [0.1, 0.15) is 5.69 Å². The van der Waals surface area contributed by atoms with Crippen LogP contribution < -0.4 is 5.06 Å². The van der Waals surface area contributed by atoms with Crippen molar-refractivity contribution in [1.29, 1.82) is 0 Å². The maximum atomic E-state index is 10.8. The van der Waals surface area contributed by atoms with E-state index >= 15 is 0 Å². The second-order valence-corrected chi connectivity index (χ2v) is 3.26. The van der Waals surface area contributed by atoms with E-state index in [0.29, 0.717) is 5.69 Å². The number of hydroxylamine groups is 1. The lowest BCUT2D eigenvalue weighted by Crippen LogP contribution is -2.98. The topological polar surface area (TPSA) is 67.6 Å². The lowest BCUT2D eigenvalue weighted by atomic mass is 10.3. The summed E-state index contributed by atoms with van der Waals surface area (Å²) in [6.45, 7) is 0. The van der Waals surface area contributed by atoms with Crippen LogP contribution in [0.25, 0.3) is 0 Å². The van der Waals surface area contributed by atoms with E-state index in [4.69, 9.17) is 0 Å². The second-order valence-electron chi connectivity index (χ2n) is 2.32. The van der Waals surface area contributed by atoms with E-state index in [9.17, 15) is 14.0 Å².